The molecule has 0 N–H and O–H groups in total. The summed E-state index contributed by atoms with van der Waals surface area (Å²) in [6.07, 6.45) is 0. The molecular formula is C62H31N5O3. The lowest BCUT2D eigenvalue weighted by Crippen LogP contribution is -2.08. The molecule has 322 valence electrons. The van der Waals surface area contributed by atoms with E-state index in [0.717, 1.165) is 131 Å². The van der Waals surface area contributed by atoms with Gasteiger partial charge in [-0.15, -0.1) is 0 Å². The van der Waals surface area contributed by atoms with Gasteiger partial charge < -0.3 is 27.0 Å². The van der Waals surface area contributed by atoms with Gasteiger partial charge in [0, 0.05) is 64.6 Å². The summed E-state index contributed by atoms with van der Waals surface area (Å²) >= 11 is 0. The van der Waals surface area contributed by atoms with E-state index >= 15 is 0 Å². The Labute approximate surface area is 395 Å². The number of furan rings is 3. The molecule has 0 spiro atoms. The van der Waals surface area contributed by atoms with Crippen LogP contribution in [-0.2, 0) is 0 Å². The molecule has 0 amide bonds. The van der Waals surface area contributed by atoms with E-state index in [1.807, 2.05) is 97.1 Å². The first-order valence-corrected chi connectivity index (χ1v) is 23.2. The molecule has 70 heavy (non-hydrogen) atoms. The molecule has 8 heteroatoms. The summed E-state index contributed by atoms with van der Waals surface area (Å²) in [6.45, 7) is 9.36. The average molecular weight is 894 g/mol. The Hall–Kier alpha value is -10.0. The molecule has 16 aromatic rings. The first-order chi connectivity index (χ1) is 34.7. The van der Waals surface area contributed by atoms with E-state index in [0.29, 0.717) is 28.3 Å². The third-order valence-electron chi connectivity index (χ3n) is 14.7. The van der Waals surface area contributed by atoms with Crippen molar-refractivity contribution in [3.63, 3.8) is 0 Å². The summed E-state index contributed by atoms with van der Waals surface area (Å²) in [5.41, 5.74) is 12.6. The highest BCUT2D eigenvalue weighted by atomic mass is 16.3. The van der Waals surface area contributed by atoms with Crippen molar-refractivity contribution in [3.05, 3.63) is 205 Å². The van der Waals surface area contributed by atoms with E-state index in [9.17, 15) is 11.8 Å². The number of fused-ring (bicyclic) bond motifs is 21. The number of rotatable bonds is 3. The van der Waals surface area contributed by atoms with Crippen LogP contribution in [0.4, 0.5) is 5.69 Å². The lowest BCUT2D eigenvalue weighted by molar-refractivity contribution is 0.669. The van der Waals surface area contributed by atoms with E-state index in [1.165, 1.54) is 0 Å². The van der Waals surface area contributed by atoms with Gasteiger partial charge in [-0.25, -0.2) is 4.85 Å². The smallest absolute Gasteiger partial charge is 0.235 e. The van der Waals surface area contributed by atoms with Crippen molar-refractivity contribution in [2.45, 2.75) is 0 Å². The number of hydrogen-bond donors (Lipinski definition) is 0. The standard InChI is InChI=1S/C62H31N5O3/c1-64-61-48(66-42-21-9-3-15-35(42)56-45(66)27-30-53-59(56)38-18-6-12-24-50(38)69-53)32-47(65-41-20-8-2-14-34(41)55-44(65)26-29-52-58(55)37-17-5-11-23-49(37)68-52)40(33-63)62(61)67-43-22-10-4-16-36(43)57-46(67)28-31-54-60(57)39-19-7-13-25-51(39)70-54/h2-32H. The molecule has 0 unspecified atom stereocenters. The molecule has 6 aromatic heterocycles. The van der Waals surface area contributed by atoms with Gasteiger partial charge in [-0.2, -0.15) is 5.26 Å². The lowest BCUT2D eigenvalue weighted by Gasteiger charge is -2.21. The van der Waals surface area contributed by atoms with Gasteiger partial charge in [0.2, 0.25) is 5.69 Å². The Morgan fingerprint density at radius 1 is 0.357 bits per heavy atom. The first-order valence-electron chi connectivity index (χ1n) is 23.2. The molecule has 0 saturated carbocycles. The molecule has 0 atom stereocenters. The molecule has 0 bridgehead atoms. The minimum atomic E-state index is 0.337. The van der Waals surface area contributed by atoms with Crippen LogP contribution in [0.1, 0.15) is 5.56 Å². The summed E-state index contributed by atoms with van der Waals surface area (Å²) in [5.74, 6) is 0. The van der Waals surface area contributed by atoms with Gasteiger partial charge in [0.15, 0.2) is 0 Å². The molecule has 6 heterocycles. The van der Waals surface area contributed by atoms with Gasteiger partial charge in [-0.1, -0.05) is 109 Å². The van der Waals surface area contributed by atoms with Crippen LogP contribution in [0.3, 0.4) is 0 Å². The van der Waals surface area contributed by atoms with Crippen LogP contribution < -0.4 is 0 Å². The Morgan fingerprint density at radius 3 is 1.13 bits per heavy atom. The van der Waals surface area contributed by atoms with Crippen molar-refractivity contribution >= 4 is 137 Å². The number of nitrogens with zero attached hydrogens (tertiary/aromatic N) is 5. The predicted octanol–water partition coefficient (Wildman–Crippen LogP) is 17.1. The number of benzene rings is 10. The maximum Gasteiger partial charge on any atom is 0.235 e. The monoisotopic (exact) mass is 893 g/mol. The normalized spacial score (nSPS) is 12.3. The van der Waals surface area contributed by atoms with Crippen molar-refractivity contribution in [1.82, 2.24) is 13.7 Å². The second kappa shape index (κ2) is 13.3. The fraction of sp³-hybridized carbons (Fsp3) is 0. The molecule has 0 aliphatic rings. The average Bonchev–Trinajstić information content (AvgIpc) is 4.26. The zero-order valence-corrected chi connectivity index (χ0v) is 36.9. The van der Waals surface area contributed by atoms with Crippen LogP contribution >= 0.6 is 0 Å². The second-order valence-electron chi connectivity index (χ2n) is 18.1. The van der Waals surface area contributed by atoms with E-state index in [-0.39, 0.29) is 0 Å². The Bertz CT molecular complexity index is 4890. The molecule has 10 aromatic carbocycles. The molecule has 8 nitrogen and oxygen atoms in total. The number of aromatic nitrogens is 3. The Balaban J connectivity index is 1.14. The van der Waals surface area contributed by atoms with E-state index in [2.05, 4.69) is 116 Å². The van der Waals surface area contributed by atoms with Crippen LogP contribution in [0, 0.1) is 17.9 Å². The predicted molar refractivity (Wildman–Crippen MR) is 282 cm³/mol. The molecular weight excluding hydrogens is 863 g/mol. The minimum absolute atomic E-state index is 0.337. The van der Waals surface area contributed by atoms with E-state index < -0.39 is 0 Å². The van der Waals surface area contributed by atoms with Gasteiger partial charge in [0.25, 0.3) is 0 Å². The number of para-hydroxylation sites is 6. The second-order valence-corrected chi connectivity index (χ2v) is 18.1. The summed E-state index contributed by atoms with van der Waals surface area (Å²) in [5, 5.41) is 24.1. The van der Waals surface area contributed by atoms with Gasteiger partial charge in [0.1, 0.15) is 39.6 Å². The van der Waals surface area contributed by atoms with Crippen LogP contribution in [0.2, 0.25) is 0 Å². The molecule has 0 radical (unpaired) electrons. The highest BCUT2D eigenvalue weighted by Crippen LogP contribution is 2.50. The summed E-state index contributed by atoms with van der Waals surface area (Å²) in [4.78, 5) is 4.54. The largest absolute Gasteiger partial charge is 0.456 e. The molecule has 16 rings (SSSR count). The SMILES string of the molecule is [C-]#[N+]c1c(-n2c3ccccc3c3c4c(ccc32)oc2ccccc24)cc(-n2c3ccccc3c3c4c(ccc32)oc2ccccc24)c(C#N)c1-n1c2ccccc2c2c3c(ccc21)oc1ccccc13. The van der Waals surface area contributed by atoms with Crippen LogP contribution in [0.15, 0.2) is 201 Å². The van der Waals surface area contributed by atoms with Crippen molar-refractivity contribution in [2.75, 3.05) is 0 Å². The van der Waals surface area contributed by atoms with Gasteiger partial charge in [-0.3, -0.25) is 0 Å². The van der Waals surface area contributed by atoms with Crippen molar-refractivity contribution < 1.29 is 13.3 Å². The number of nitriles is 1. The molecule has 0 aliphatic carbocycles. The van der Waals surface area contributed by atoms with Crippen molar-refractivity contribution in [2.24, 2.45) is 0 Å². The van der Waals surface area contributed by atoms with Gasteiger partial charge in [-0.05, 0) is 78.9 Å². The van der Waals surface area contributed by atoms with E-state index in [4.69, 9.17) is 13.3 Å². The number of hydrogen-bond acceptors (Lipinski definition) is 4. The maximum atomic E-state index is 12.0. The summed E-state index contributed by atoms with van der Waals surface area (Å²) in [6, 6.07) is 66.7. The van der Waals surface area contributed by atoms with Gasteiger partial charge in [0.05, 0.1) is 62.3 Å². The third-order valence-corrected chi connectivity index (χ3v) is 14.7. The highest BCUT2D eigenvalue weighted by molar-refractivity contribution is 6.30. The molecule has 0 saturated heterocycles. The van der Waals surface area contributed by atoms with Crippen LogP contribution in [0.5, 0.6) is 0 Å². The zero-order valence-electron chi connectivity index (χ0n) is 36.9. The topological polar surface area (TPSA) is 82.4 Å². The minimum Gasteiger partial charge on any atom is -0.456 e. The highest BCUT2D eigenvalue weighted by Gasteiger charge is 2.30. The fourth-order valence-corrected chi connectivity index (χ4v) is 12.0. The van der Waals surface area contributed by atoms with E-state index in [1.54, 1.807) is 0 Å². The first kappa shape index (κ1) is 37.1. The maximum absolute atomic E-state index is 12.0. The Morgan fingerprint density at radius 2 is 0.714 bits per heavy atom. The zero-order chi connectivity index (χ0) is 45.9. The van der Waals surface area contributed by atoms with Crippen LogP contribution in [0.25, 0.3) is 153 Å². The lowest BCUT2D eigenvalue weighted by atomic mass is 10.0. The fourth-order valence-electron chi connectivity index (χ4n) is 12.0. The summed E-state index contributed by atoms with van der Waals surface area (Å²) < 4.78 is 26.1. The van der Waals surface area contributed by atoms with Crippen LogP contribution in [-0.4, -0.2) is 13.7 Å². The van der Waals surface area contributed by atoms with Gasteiger partial charge >= 0.3 is 0 Å². The quantitative estimate of drug-likeness (QED) is 0.165. The molecule has 0 fully saturated rings. The van der Waals surface area contributed by atoms with Crippen molar-refractivity contribution in [1.29, 1.82) is 5.26 Å². The third kappa shape index (κ3) is 4.57. The summed E-state index contributed by atoms with van der Waals surface area (Å²) in [7, 11) is 0. The van der Waals surface area contributed by atoms with Crippen molar-refractivity contribution in [3.8, 4) is 23.1 Å². The Kier molecular flexibility index (Phi) is 7.06. The molecule has 0 aliphatic heterocycles.